The van der Waals surface area contributed by atoms with Crippen molar-refractivity contribution >= 4 is 29.3 Å². The van der Waals surface area contributed by atoms with E-state index in [0.29, 0.717) is 5.92 Å². The van der Waals surface area contributed by atoms with Crippen LogP contribution in [0.25, 0.3) is 0 Å². The maximum Gasteiger partial charge on any atom is 0.238 e. The van der Waals surface area contributed by atoms with Crippen molar-refractivity contribution in [2.24, 2.45) is 5.92 Å². The molecule has 136 valence electrons. The first-order valence-corrected chi connectivity index (χ1v) is 10.1. The van der Waals surface area contributed by atoms with Gasteiger partial charge in [0.15, 0.2) is 0 Å². The molecule has 2 aliphatic heterocycles. The van der Waals surface area contributed by atoms with Gasteiger partial charge < -0.3 is 15.5 Å². The molecule has 1 atom stereocenters. The fourth-order valence-electron chi connectivity index (χ4n) is 3.46. The van der Waals surface area contributed by atoms with Crippen LogP contribution in [0.1, 0.15) is 32.6 Å². The van der Waals surface area contributed by atoms with Crippen LogP contribution in [-0.4, -0.2) is 48.1 Å². The highest BCUT2D eigenvalue weighted by Gasteiger charge is 2.29. The van der Waals surface area contributed by atoms with Crippen LogP contribution in [0.15, 0.2) is 29.2 Å². The van der Waals surface area contributed by atoms with Crippen LogP contribution in [0.3, 0.4) is 0 Å². The van der Waals surface area contributed by atoms with Crippen LogP contribution in [0, 0.1) is 5.92 Å². The number of carbonyl (C=O) groups is 2. The largest absolute Gasteiger partial charge is 0.356 e. The summed E-state index contributed by atoms with van der Waals surface area (Å²) < 4.78 is 0. The zero-order chi connectivity index (χ0) is 17.6. The van der Waals surface area contributed by atoms with Crippen molar-refractivity contribution < 1.29 is 9.59 Å². The summed E-state index contributed by atoms with van der Waals surface area (Å²) >= 11 is 1.48. The van der Waals surface area contributed by atoms with Gasteiger partial charge in [0.05, 0.1) is 10.9 Å². The molecular weight excluding hydrogens is 334 g/mol. The number of fused-ring (bicyclic) bond motifs is 1. The second kappa shape index (κ2) is 8.72. The van der Waals surface area contributed by atoms with Gasteiger partial charge >= 0.3 is 0 Å². The van der Waals surface area contributed by atoms with Gasteiger partial charge in [-0.25, -0.2) is 0 Å². The van der Waals surface area contributed by atoms with E-state index in [0.717, 1.165) is 43.1 Å². The van der Waals surface area contributed by atoms with Gasteiger partial charge in [0.2, 0.25) is 11.8 Å². The molecule has 2 aliphatic rings. The fourth-order valence-corrected chi connectivity index (χ4v) is 4.57. The third-order valence-corrected chi connectivity index (χ3v) is 6.19. The van der Waals surface area contributed by atoms with E-state index in [2.05, 4.69) is 22.5 Å². The second-order valence-electron chi connectivity index (χ2n) is 6.89. The van der Waals surface area contributed by atoms with Crippen molar-refractivity contribution in [1.29, 1.82) is 0 Å². The van der Waals surface area contributed by atoms with Crippen molar-refractivity contribution in [2.45, 2.75) is 42.8 Å². The van der Waals surface area contributed by atoms with Crippen LogP contribution < -0.4 is 10.6 Å². The molecule has 0 aromatic heterocycles. The molecule has 5 nitrogen and oxygen atoms in total. The number of piperidine rings is 1. The molecule has 3 rings (SSSR count). The third-order valence-electron chi connectivity index (χ3n) is 4.91. The van der Waals surface area contributed by atoms with E-state index in [1.807, 2.05) is 24.3 Å². The Kier molecular flexibility index (Phi) is 6.37. The summed E-state index contributed by atoms with van der Waals surface area (Å²) in [5.41, 5.74) is 0.841. The Morgan fingerprint density at radius 1 is 1.32 bits per heavy atom. The highest BCUT2D eigenvalue weighted by atomic mass is 32.2. The van der Waals surface area contributed by atoms with E-state index in [-0.39, 0.29) is 23.5 Å². The van der Waals surface area contributed by atoms with E-state index < -0.39 is 0 Å². The zero-order valence-corrected chi connectivity index (χ0v) is 15.6. The molecule has 0 spiro atoms. The summed E-state index contributed by atoms with van der Waals surface area (Å²) in [6, 6.07) is 7.72. The summed E-state index contributed by atoms with van der Waals surface area (Å²) in [5, 5.41) is 5.59. The summed E-state index contributed by atoms with van der Waals surface area (Å²) in [4.78, 5) is 28.0. The first-order chi connectivity index (χ1) is 12.2. The predicted octanol–water partition coefficient (Wildman–Crippen LogP) is 2.73. The zero-order valence-electron chi connectivity index (χ0n) is 14.8. The van der Waals surface area contributed by atoms with E-state index in [9.17, 15) is 9.59 Å². The molecule has 1 aromatic rings. The standard InChI is InChI=1S/C19H27N3O2S/c1-2-9-22-10-7-14(8-11-22)13-20-18(23)12-17-19(24)21-15-5-3-4-6-16(15)25-17/h3-6,14,17H,2,7-13H2,1H3,(H,20,23)(H,21,24)/t17-/m0/s1. The Balaban J connectivity index is 1.42. The molecule has 2 N–H and O–H groups in total. The maximum atomic E-state index is 12.3. The van der Waals surface area contributed by atoms with Crippen LogP contribution in [0.2, 0.25) is 0 Å². The number of anilines is 1. The number of nitrogens with one attached hydrogen (secondary N) is 2. The molecule has 2 heterocycles. The Morgan fingerprint density at radius 2 is 2.08 bits per heavy atom. The highest BCUT2D eigenvalue weighted by Crippen LogP contribution is 2.36. The van der Waals surface area contributed by atoms with Crippen molar-refractivity contribution in [3.8, 4) is 0 Å². The number of nitrogens with zero attached hydrogens (tertiary/aromatic N) is 1. The van der Waals surface area contributed by atoms with Gasteiger partial charge in [-0.3, -0.25) is 9.59 Å². The summed E-state index contributed by atoms with van der Waals surface area (Å²) in [7, 11) is 0. The highest BCUT2D eigenvalue weighted by molar-refractivity contribution is 8.01. The normalized spacial score (nSPS) is 21.5. The molecule has 1 aromatic carbocycles. The number of hydrogen-bond acceptors (Lipinski definition) is 4. The van der Waals surface area contributed by atoms with Crippen LogP contribution in [0.5, 0.6) is 0 Å². The average Bonchev–Trinajstić information content (AvgIpc) is 2.62. The third kappa shape index (κ3) is 4.98. The number of para-hydroxylation sites is 1. The average molecular weight is 362 g/mol. The number of benzene rings is 1. The van der Waals surface area contributed by atoms with Gasteiger partial charge in [-0.2, -0.15) is 0 Å². The molecule has 0 radical (unpaired) electrons. The minimum absolute atomic E-state index is 0.0250. The van der Waals surface area contributed by atoms with Crippen LogP contribution >= 0.6 is 11.8 Å². The smallest absolute Gasteiger partial charge is 0.238 e. The first kappa shape index (κ1) is 18.3. The Labute approximate surface area is 153 Å². The molecule has 25 heavy (non-hydrogen) atoms. The van der Waals surface area contributed by atoms with Gasteiger partial charge in [0.1, 0.15) is 0 Å². The maximum absolute atomic E-state index is 12.3. The lowest BCUT2D eigenvalue weighted by atomic mass is 9.96. The van der Waals surface area contributed by atoms with Crippen molar-refractivity contribution in [3.63, 3.8) is 0 Å². The molecule has 0 saturated carbocycles. The molecule has 6 heteroatoms. The van der Waals surface area contributed by atoms with Gasteiger partial charge in [-0.05, 0) is 56.9 Å². The number of likely N-dealkylation sites (tertiary alicyclic amines) is 1. The monoisotopic (exact) mass is 361 g/mol. The topological polar surface area (TPSA) is 61.4 Å². The number of amides is 2. The molecular formula is C19H27N3O2S. The van der Waals surface area contributed by atoms with Crippen molar-refractivity contribution in [2.75, 3.05) is 31.5 Å². The molecule has 1 fully saturated rings. The van der Waals surface area contributed by atoms with Gasteiger partial charge in [0, 0.05) is 17.9 Å². The SMILES string of the molecule is CCCN1CCC(CNC(=O)C[C@@H]2Sc3ccccc3NC2=O)CC1. The molecule has 0 aliphatic carbocycles. The molecule has 0 unspecified atom stereocenters. The van der Waals surface area contributed by atoms with E-state index in [1.165, 1.54) is 24.7 Å². The minimum atomic E-state index is -0.346. The van der Waals surface area contributed by atoms with E-state index in [1.54, 1.807) is 0 Å². The Bertz CT molecular complexity index is 614. The number of thioether (sulfide) groups is 1. The van der Waals surface area contributed by atoms with Gasteiger partial charge in [0.25, 0.3) is 0 Å². The predicted molar refractivity (Wildman–Crippen MR) is 102 cm³/mol. The summed E-state index contributed by atoms with van der Waals surface area (Å²) in [6.07, 6.45) is 3.73. The molecule has 1 saturated heterocycles. The quantitative estimate of drug-likeness (QED) is 0.818. The van der Waals surface area contributed by atoms with Gasteiger partial charge in [-0.15, -0.1) is 11.8 Å². The Hall–Kier alpha value is -1.53. The number of carbonyl (C=O) groups excluding carboxylic acids is 2. The number of rotatable bonds is 6. The second-order valence-corrected chi connectivity index (χ2v) is 8.13. The molecule has 2 amide bonds. The summed E-state index contributed by atoms with van der Waals surface area (Å²) in [6.45, 7) is 6.38. The lowest BCUT2D eigenvalue weighted by Gasteiger charge is -2.31. The minimum Gasteiger partial charge on any atom is -0.356 e. The fraction of sp³-hybridized carbons (Fsp3) is 0.579. The lowest BCUT2D eigenvalue weighted by molar-refractivity contribution is -0.124. The summed E-state index contributed by atoms with van der Waals surface area (Å²) in [5.74, 6) is 0.459. The van der Waals surface area contributed by atoms with Crippen LogP contribution in [-0.2, 0) is 9.59 Å². The number of hydrogen-bond donors (Lipinski definition) is 2. The van der Waals surface area contributed by atoms with Crippen LogP contribution in [0.4, 0.5) is 5.69 Å². The lowest BCUT2D eigenvalue weighted by Crippen LogP contribution is -2.40. The van der Waals surface area contributed by atoms with Crippen molar-refractivity contribution in [1.82, 2.24) is 10.2 Å². The van der Waals surface area contributed by atoms with E-state index >= 15 is 0 Å². The molecule has 0 bridgehead atoms. The van der Waals surface area contributed by atoms with Gasteiger partial charge in [-0.1, -0.05) is 19.1 Å². The van der Waals surface area contributed by atoms with Crippen molar-refractivity contribution in [3.05, 3.63) is 24.3 Å². The van der Waals surface area contributed by atoms with E-state index in [4.69, 9.17) is 0 Å². The first-order valence-electron chi connectivity index (χ1n) is 9.21. The Morgan fingerprint density at radius 3 is 2.84 bits per heavy atom.